The molecule has 8 heterocycles. The average Bonchev–Trinajstić information content (AvgIpc) is 1.59. The molecule has 1 unspecified atom stereocenters. The van der Waals surface area contributed by atoms with Crippen LogP contribution in [-0.2, 0) is 38.0 Å². The van der Waals surface area contributed by atoms with E-state index in [-0.39, 0.29) is 129 Å². The molecule has 8 aliphatic rings. The molecule has 0 bridgehead atoms. The maximum atomic E-state index is 14.1. The first-order chi connectivity index (χ1) is 56.2. The van der Waals surface area contributed by atoms with Gasteiger partial charge in [0.1, 0.15) is 60.3 Å². The third-order valence-electron chi connectivity index (χ3n) is 21.4. The van der Waals surface area contributed by atoms with Crippen LogP contribution in [0.3, 0.4) is 0 Å². The number of ketones is 1. The number of carbonyl (C=O) groups is 1. The van der Waals surface area contributed by atoms with Gasteiger partial charge in [0, 0.05) is 72.4 Å². The Labute approximate surface area is 691 Å². The number of Topliss-reactive ketones (excluding diaryl/α,β-unsaturated/α-hetero) is 1. The highest BCUT2D eigenvalue weighted by molar-refractivity contribution is 9.10. The van der Waals surface area contributed by atoms with Gasteiger partial charge in [-0.3, -0.25) is 4.79 Å². The van der Waals surface area contributed by atoms with E-state index in [0.717, 1.165) is 84.6 Å². The molecule has 0 radical (unpaired) electrons. The van der Waals surface area contributed by atoms with E-state index in [4.69, 9.17) is 64.1 Å². The van der Waals surface area contributed by atoms with Crippen LogP contribution in [0.25, 0.3) is 33.5 Å². The maximum absolute atomic E-state index is 14.1. The van der Waals surface area contributed by atoms with Gasteiger partial charge in [-0.05, 0) is 142 Å². The zero-order valence-corrected chi connectivity index (χ0v) is 69.6. The van der Waals surface area contributed by atoms with Crippen molar-refractivity contribution in [2.45, 2.75) is 249 Å². The minimum Gasteiger partial charge on any atom is -0.394 e. The number of aryl methyl sites for hydroxylation is 1. The summed E-state index contributed by atoms with van der Waals surface area (Å²) in [5.41, 5.74) is 11.9. The molecule has 17 rings (SSSR count). The summed E-state index contributed by atoms with van der Waals surface area (Å²) in [5.74, 6) is -1.29. The number of benzene rings is 3. The molecule has 8 fully saturated rings. The molecule has 0 amide bonds. The van der Waals surface area contributed by atoms with Crippen molar-refractivity contribution < 1.29 is 85.4 Å². The number of anilines is 2. The first-order valence-corrected chi connectivity index (χ1v) is 43.1. The molecule has 117 heavy (non-hydrogen) atoms. The van der Waals surface area contributed by atoms with Gasteiger partial charge in [-0.1, -0.05) is 96.0 Å². The SMILES string of the molecule is CCCSc1nc(Br)c2nnn([C@@H]3C[C@H](OCC(=O)CO)[C@H]4OC(C)(C)O[C@H]43)c2n1.CCCSc1nc(N[C@@H]2C[C@H]2c2ccc(C)c(F)c2)c2nnn([C@@H]3C[C@H](OCCO)[C@@H](O)[C@H]3O)c2n1.CCCSc1nc(N[C@@H]2C[C@H]2c2ccc(F)c(F)c2)c2nnn([C@@H]3C[C@H](OCCO)[C@H]4OC(C)(C)O[C@H]43)c2n1.N[C@@H]1CC1c1ccc(F)c(F)c1. The first-order valence-electron chi connectivity index (χ1n) is 39.3. The topological polar surface area (TPSA) is 402 Å². The van der Waals surface area contributed by atoms with Gasteiger partial charge in [-0.25, -0.2) is 65.9 Å². The molecule has 40 heteroatoms. The van der Waals surface area contributed by atoms with E-state index in [0.29, 0.717) is 90.0 Å². The fourth-order valence-corrected chi connectivity index (χ4v) is 18.0. The van der Waals surface area contributed by atoms with Crippen LogP contribution >= 0.6 is 51.2 Å². The summed E-state index contributed by atoms with van der Waals surface area (Å²) in [4.78, 5) is 39.6. The van der Waals surface area contributed by atoms with Gasteiger partial charge in [0.05, 0.1) is 62.9 Å². The Morgan fingerprint density at radius 1 is 0.530 bits per heavy atom. The maximum Gasteiger partial charge on any atom is 0.191 e. The number of aliphatic hydroxyl groups excluding tert-OH is 5. The molecule has 9 N–H and O–H groups in total. The predicted molar refractivity (Wildman–Crippen MR) is 425 cm³/mol. The third-order valence-corrected chi connectivity index (χ3v) is 25.1. The van der Waals surface area contributed by atoms with Gasteiger partial charge in [0.25, 0.3) is 0 Å². The second-order valence-electron chi connectivity index (χ2n) is 31.1. The number of nitrogens with two attached hydrogens (primary N) is 1. The Hall–Kier alpha value is -6.97. The van der Waals surface area contributed by atoms with Crippen LogP contribution in [0.1, 0.15) is 164 Å². The van der Waals surface area contributed by atoms with Crippen LogP contribution in [0.15, 0.2) is 74.7 Å². The van der Waals surface area contributed by atoms with Crippen LogP contribution in [-0.4, -0.2) is 248 Å². The number of rotatable bonds is 29. The molecule has 18 atom stereocenters. The largest absolute Gasteiger partial charge is 0.394 e. The van der Waals surface area contributed by atoms with Crippen molar-refractivity contribution in [3.63, 3.8) is 0 Å². The normalized spacial score (nSPS) is 28.1. The van der Waals surface area contributed by atoms with Crippen molar-refractivity contribution in [2.24, 2.45) is 5.73 Å². The molecule has 0 spiro atoms. The molecule has 6 saturated carbocycles. The van der Waals surface area contributed by atoms with Gasteiger partial charge in [-0.2, -0.15) is 0 Å². The summed E-state index contributed by atoms with van der Waals surface area (Å²) >= 11 is 8.12. The number of halogens is 6. The number of carbonyl (C=O) groups excluding carboxylic acids is 1. The number of ether oxygens (including phenoxy) is 7. The van der Waals surface area contributed by atoms with Gasteiger partial charge < -0.3 is 75.1 Å². The monoisotopic (exact) mass is 1750 g/mol. The Balaban J connectivity index is 0.000000135. The Morgan fingerprint density at radius 2 is 0.940 bits per heavy atom. The van der Waals surface area contributed by atoms with Crippen LogP contribution in [0.5, 0.6) is 0 Å². The summed E-state index contributed by atoms with van der Waals surface area (Å²) in [6.45, 7) is 14.7. The highest BCUT2D eigenvalue weighted by atomic mass is 79.9. The Kier molecular flexibility index (Phi) is 27.5. The van der Waals surface area contributed by atoms with E-state index >= 15 is 0 Å². The third kappa shape index (κ3) is 19.7. The van der Waals surface area contributed by atoms with Crippen LogP contribution in [0.4, 0.5) is 33.6 Å². The molecule has 632 valence electrons. The van der Waals surface area contributed by atoms with Crippen molar-refractivity contribution in [2.75, 3.05) is 67.5 Å². The zero-order chi connectivity index (χ0) is 82.9. The smallest absolute Gasteiger partial charge is 0.191 e. The zero-order valence-electron chi connectivity index (χ0n) is 65.6. The highest BCUT2D eigenvalue weighted by Crippen LogP contribution is 2.50. The van der Waals surface area contributed by atoms with E-state index in [1.807, 2.05) is 33.8 Å². The number of nitrogens with zero attached hydrogens (tertiary/aromatic N) is 15. The summed E-state index contributed by atoms with van der Waals surface area (Å²) < 4.78 is 114. The van der Waals surface area contributed by atoms with Gasteiger partial charge in [0.15, 0.2) is 101 Å². The van der Waals surface area contributed by atoms with Crippen molar-refractivity contribution in [3.8, 4) is 0 Å². The fraction of sp³-hybridized carbons (Fsp3) is 0.597. The van der Waals surface area contributed by atoms with E-state index < -0.39 is 65.8 Å². The van der Waals surface area contributed by atoms with Crippen LogP contribution in [0.2, 0.25) is 0 Å². The number of hydrogen-bond donors (Lipinski definition) is 8. The van der Waals surface area contributed by atoms with Crippen molar-refractivity contribution >= 4 is 102 Å². The van der Waals surface area contributed by atoms with E-state index in [1.54, 1.807) is 64.1 Å². The number of fused-ring (bicyclic) bond motifs is 5. The summed E-state index contributed by atoms with van der Waals surface area (Å²) in [7, 11) is 0. The molecule has 9 aromatic rings. The Bertz CT molecular complexity index is 4990. The quantitative estimate of drug-likeness (QED) is 0.00935. The van der Waals surface area contributed by atoms with Crippen molar-refractivity contribution in [3.05, 3.63) is 111 Å². The van der Waals surface area contributed by atoms with E-state index in [1.165, 1.54) is 28.6 Å². The minimum atomic E-state index is -1.12. The second-order valence-corrected chi connectivity index (χ2v) is 35.0. The minimum absolute atomic E-state index is 0.00150. The van der Waals surface area contributed by atoms with Gasteiger partial charge in [0.2, 0.25) is 0 Å². The predicted octanol–water partition coefficient (Wildman–Crippen LogP) is 9.67. The number of hydrogen-bond acceptors (Lipinski definition) is 31. The molecule has 6 aromatic heterocycles. The van der Waals surface area contributed by atoms with Crippen LogP contribution < -0.4 is 16.4 Å². The van der Waals surface area contributed by atoms with E-state index in [9.17, 15) is 42.1 Å². The lowest BCUT2D eigenvalue weighted by Crippen LogP contribution is -2.33. The molecule has 2 saturated heterocycles. The van der Waals surface area contributed by atoms with Crippen molar-refractivity contribution in [1.82, 2.24) is 74.9 Å². The molecular formula is C77H96BrF5N18O13S3. The van der Waals surface area contributed by atoms with Gasteiger partial charge >= 0.3 is 0 Å². The van der Waals surface area contributed by atoms with Crippen molar-refractivity contribution in [1.29, 1.82) is 0 Å². The first kappa shape index (κ1) is 86.4. The number of aliphatic hydroxyl groups is 5. The van der Waals surface area contributed by atoms with Crippen LogP contribution in [0, 0.1) is 36.0 Å². The molecular weight excluding hydrogens is 1660 g/mol. The number of aromatic nitrogens is 15. The molecule has 2 aliphatic heterocycles. The second kappa shape index (κ2) is 37.2. The molecule has 6 aliphatic carbocycles. The fourth-order valence-electron chi connectivity index (χ4n) is 15.4. The van der Waals surface area contributed by atoms with Gasteiger partial charge in [-0.15, -0.1) is 15.3 Å². The number of thioether (sulfide) groups is 3. The summed E-state index contributed by atoms with van der Waals surface area (Å²) in [5, 5.41) is 83.4. The highest BCUT2D eigenvalue weighted by Gasteiger charge is 2.58. The Morgan fingerprint density at radius 3 is 1.39 bits per heavy atom. The lowest BCUT2D eigenvalue weighted by Gasteiger charge is -2.23. The average molecular weight is 1750 g/mol. The lowest BCUT2D eigenvalue weighted by atomic mass is 10.1. The van der Waals surface area contributed by atoms with E-state index in [2.05, 4.69) is 93.2 Å². The standard InChI is InChI=1S/C26H32F2N6O4S.C24H31FN6O4S.C18H24BrN5O5S.C9H9F2N/c1-4-9-39-25-30-23(29-17-11-14(17)13-5-6-15(27)16(28)10-13)20-24(31-25)34(33-32-20)18-12-19(36-8-7-35)22-21(18)37-26(2,3)38-22;1-3-8-36-24-27-22(26-16-10-14(16)13-5-4-12(2)15(25)9-13)19-23(28-24)31(30-29-19)17-11-18(35-7-6-32)21(34)20(17)33;1-4-5-30-17-20-15(19)12-16(21-17)24(23-22-12)10-6-11(27-8-9(26)7-25)14-13(10)28-18(2,3)29-14;10-7-2-1-5(3-8(7)11)6-4-9(6)12/h5-6,10,14,17-19,21-22,35H,4,7-9,11-12H2,1-3H3,(H,29,30,31);4-5,9,14,16-18,20-21,32-34H,3,6-8,10-11H2,1-2H3,(H,26,27,28);10-11,13-14,25H,4-8H2,1-3H3;1-3,6,9H,4,12H2/t14-,17+,18+,19-,21-,22+;14-,16+,17+,18-,20-,21+;10-,11+,13+,14-;6?,9-/m0011/s1. The molecule has 31 nitrogen and oxygen atoms in total. The number of nitrogens with one attached hydrogen (secondary N) is 2. The lowest BCUT2D eigenvalue weighted by molar-refractivity contribution is -0.171. The summed E-state index contributed by atoms with van der Waals surface area (Å²) in [6.07, 6.45) is 1.93. The molecule has 3 aromatic carbocycles. The summed E-state index contributed by atoms with van der Waals surface area (Å²) in [6, 6.07) is 12.5.